The van der Waals surface area contributed by atoms with Crippen molar-refractivity contribution in [3.63, 3.8) is 0 Å². The number of hydrogen-bond donors (Lipinski definition) is 1. The zero-order valence-corrected chi connectivity index (χ0v) is 15.2. The molecule has 26 heavy (non-hydrogen) atoms. The van der Waals surface area contributed by atoms with Gasteiger partial charge in [0.1, 0.15) is 28.3 Å². The number of benzene rings is 1. The first kappa shape index (κ1) is 18.6. The quantitative estimate of drug-likeness (QED) is 0.595. The summed E-state index contributed by atoms with van der Waals surface area (Å²) in [5.74, 6) is 0.399. The van der Waals surface area contributed by atoms with Crippen LogP contribution in [0.25, 0.3) is 17.1 Å². The van der Waals surface area contributed by atoms with Crippen LogP contribution in [0.15, 0.2) is 29.6 Å². The number of nitrogens with one attached hydrogen (secondary N) is 1. The van der Waals surface area contributed by atoms with Crippen molar-refractivity contribution < 1.29 is 13.2 Å². The smallest absolute Gasteiger partial charge is 0.330 e. The van der Waals surface area contributed by atoms with E-state index in [9.17, 15) is 13.2 Å². The summed E-state index contributed by atoms with van der Waals surface area (Å²) in [6.45, 7) is 0. The molecular formula is C15H8Cl2F3N5S. The molecule has 2 heterocycles. The van der Waals surface area contributed by atoms with Crippen LogP contribution < -0.4 is 0 Å². The van der Waals surface area contributed by atoms with Crippen LogP contribution in [-0.4, -0.2) is 26.0 Å². The second-order valence-electron chi connectivity index (χ2n) is 5.02. The summed E-state index contributed by atoms with van der Waals surface area (Å²) in [5, 5.41) is 13.3. The third kappa shape index (κ3) is 3.28. The van der Waals surface area contributed by atoms with Crippen molar-refractivity contribution in [2.75, 3.05) is 6.26 Å². The van der Waals surface area contributed by atoms with E-state index >= 15 is 0 Å². The van der Waals surface area contributed by atoms with Crippen molar-refractivity contribution >= 4 is 35.0 Å². The molecule has 0 fully saturated rings. The lowest BCUT2D eigenvalue weighted by Crippen LogP contribution is -2.07. The standard InChI is InChI=1S/C15H8Cl2F3N5S/c1-26-14-9(13-22-5-8(4-21)24-13)6-23-25(14)12-10(16)2-7(3-11(12)17)15(18,19)20/h2-3,5-6H,1H3,(H,22,24). The third-order valence-corrected chi connectivity index (χ3v) is 4.78. The van der Waals surface area contributed by atoms with Crippen LogP contribution in [0.1, 0.15) is 11.3 Å². The van der Waals surface area contributed by atoms with Gasteiger partial charge in [0.25, 0.3) is 0 Å². The first-order valence-corrected chi connectivity index (χ1v) is 8.88. The number of nitrogens with zero attached hydrogens (tertiary/aromatic N) is 4. The number of alkyl halides is 3. The second kappa shape index (κ2) is 6.87. The van der Waals surface area contributed by atoms with Crippen molar-refractivity contribution in [3.8, 4) is 23.1 Å². The van der Waals surface area contributed by atoms with Crippen molar-refractivity contribution in [1.29, 1.82) is 5.26 Å². The minimum Gasteiger partial charge on any atom is -0.330 e. The van der Waals surface area contributed by atoms with Gasteiger partial charge >= 0.3 is 6.18 Å². The monoisotopic (exact) mass is 417 g/mol. The number of rotatable bonds is 3. The minimum atomic E-state index is -4.56. The lowest BCUT2D eigenvalue weighted by atomic mass is 10.2. The first-order chi connectivity index (χ1) is 12.3. The van der Waals surface area contributed by atoms with Gasteiger partial charge in [-0.3, -0.25) is 0 Å². The maximum atomic E-state index is 12.9. The molecule has 0 spiro atoms. The first-order valence-electron chi connectivity index (χ1n) is 6.90. The van der Waals surface area contributed by atoms with Gasteiger partial charge in [0, 0.05) is 0 Å². The van der Waals surface area contributed by atoms with Crippen LogP contribution >= 0.6 is 35.0 Å². The van der Waals surface area contributed by atoms with Crippen molar-refractivity contribution in [1.82, 2.24) is 19.7 Å². The van der Waals surface area contributed by atoms with E-state index in [2.05, 4.69) is 15.1 Å². The van der Waals surface area contributed by atoms with Crippen LogP contribution in [-0.2, 0) is 6.18 Å². The Kier molecular flexibility index (Phi) is 4.92. The van der Waals surface area contributed by atoms with Gasteiger partial charge < -0.3 is 4.98 Å². The van der Waals surface area contributed by atoms with E-state index in [1.165, 1.54) is 28.8 Å². The highest BCUT2D eigenvalue weighted by atomic mass is 35.5. The van der Waals surface area contributed by atoms with E-state index in [1.54, 1.807) is 6.26 Å². The third-order valence-electron chi connectivity index (χ3n) is 3.43. The summed E-state index contributed by atoms with van der Waals surface area (Å²) in [6.07, 6.45) is 0.0351. The molecule has 1 N–H and O–H groups in total. The minimum absolute atomic E-state index is 0.129. The molecule has 2 aromatic heterocycles. The number of hydrogen-bond acceptors (Lipinski definition) is 4. The number of aromatic amines is 1. The summed E-state index contributed by atoms with van der Waals surface area (Å²) in [5.41, 5.74) is 0.0134. The van der Waals surface area contributed by atoms with Crippen LogP contribution in [0.3, 0.4) is 0 Å². The highest BCUT2D eigenvalue weighted by molar-refractivity contribution is 7.98. The zero-order valence-electron chi connectivity index (χ0n) is 12.9. The molecule has 0 saturated carbocycles. The number of H-pyrrole nitrogens is 1. The van der Waals surface area contributed by atoms with Crippen LogP contribution in [0.2, 0.25) is 10.0 Å². The Morgan fingerprint density at radius 3 is 2.38 bits per heavy atom. The van der Waals surface area contributed by atoms with Gasteiger partial charge in [-0.25, -0.2) is 9.67 Å². The fourth-order valence-electron chi connectivity index (χ4n) is 2.30. The van der Waals surface area contributed by atoms with E-state index in [4.69, 9.17) is 28.5 Å². The Hall–Kier alpha value is -2.15. The van der Waals surface area contributed by atoms with E-state index in [1.807, 2.05) is 6.07 Å². The highest BCUT2D eigenvalue weighted by Gasteiger charge is 2.32. The van der Waals surface area contributed by atoms with Gasteiger partial charge in [-0.05, 0) is 18.4 Å². The highest BCUT2D eigenvalue weighted by Crippen LogP contribution is 2.40. The molecule has 11 heteroatoms. The van der Waals surface area contributed by atoms with Crippen molar-refractivity contribution in [2.24, 2.45) is 0 Å². The molecule has 0 saturated heterocycles. The Labute approximate surface area is 159 Å². The van der Waals surface area contributed by atoms with Crippen LogP contribution in [0.4, 0.5) is 13.2 Å². The molecule has 0 bridgehead atoms. The molecule has 0 aliphatic rings. The van der Waals surface area contributed by atoms with Gasteiger partial charge in [0.05, 0.1) is 33.6 Å². The molecule has 0 amide bonds. The number of imidazole rings is 1. The number of nitriles is 1. The maximum Gasteiger partial charge on any atom is 0.416 e. The summed E-state index contributed by atoms with van der Waals surface area (Å²) < 4.78 is 40.1. The predicted octanol–water partition coefficient (Wildman–Crippen LogP) is 5.18. The van der Waals surface area contributed by atoms with Crippen molar-refractivity contribution in [2.45, 2.75) is 11.2 Å². The molecule has 1 aromatic carbocycles. The van der Waals surface area contributed by atoms with E-state index in [-0.39, 0.29) is 21.4 Å². The SMILES string of the molecule is CSc1c(-c2ncc(C#N)[nH]2)cnn1-c1c(Cl)cc(C(F)(F)F)cc1Cl. The molecule has 5 nitrogen and oxygen atoms in total. The summed E-state index contributed by atoms with van der Waals surface area (Å²) in [4.78, 5) is 6.93. The van der Waals surface area contributed by atoms with Gasteiger partial charge in [-0.2, -0.15) is 23.5 Å². The molecule has 0 radical (unpaired) electrons. The van der Waals surface area contributed by atoms with Gasteiger partial charge in [0.15, 0.2) is 0 Å². The average molecular weight is 418 g/mol. The normalized spacial score (nSPS) is 11.6. The lowest BCUT2D eigenvalue weighted by Gasteiger charge is -2.14. The van der Waals surface area contributed by atoms with Gasteiger partial charge in [-0.1, -0.05) is 23.2 Å². The number of thioether (sulfide) groups is 1. The second-order valence-corrected chi connectivity index (χ2v) is 6.63. The molecule has 3 rings (SSSR count). The largest absolute Gasteiger partial charge is 0.416 e. The lowest BCUT2D eigenvalue weighted by molar-refractivity contribution is -0.137. The molecule has 0 aliphatic heterocycles. The molecular weight excluding hydrogens is 410 g/mol. The molecule has 0 unspecified atom stereocenters. The molecule has 3 aromatic rings. The summed E-state index contributed by atoms with van der Waals surface area (Å²) >= 11 is 13.4. The topological polar surface area (TPSA) is 70.3 Å². The van der Waals surface area contributed by atoms with E-state index in [0.717, 1.165) is 12.1 Å². The average Bonchev–Trinajstić information content (AvgIpc) is 3.19. The molecule has 134 valence electrons. The van der Waals surface area contributed by atoms with E-state index in [0.29, 0.717) is 16.4 Å². The number of halogens is 5. The zero-order chi connectivity index (χ0) is 19.1. The van der Waals surface area contributed by atoms with Crippen LogP contribution in [0.5, 0.6) is 0 Å². The molecule has 0 atom stereocenters. The predicted molar refractivity (Wildman–Crippen MR) is 92.7 cm³/mol. The molecule has 0 aliphatic carbocycles. The van der Waals surface area contributed by atoms with Gasteiger partial charge in [-0.15, -0.1) is 11.8 Å². The fraction of sp³-hybridized carbons (Fsp3) is 0.133. The Morgan fingerprint density at radius 2 is 1.88 bits per heavy atom. The Morgan fingerprint density at radius 1 is 1.23 bits per heavy atom. The van der Waals surface area contributed by atoms with E-state index < -0.39 is 11.7 Å². The maximum absolute atomic E-state index is 12.9. The summed E-state index contributed by atoms with van der Waals surface area (Å²) in [6, 6.07) is 3.53. The van der Waals surface area contributed by atoms with Crippen molar-refractivity contribution in [3.05, 3.63) is 45.8 Å². The van der Waals surface area contributed by atoms with Gasteiger partial charge in [0.2, 0.25) is 0 Å². The summed E-state index contributed by atoms with van der Waals surface area (Å²) in [7, 11) is 0. The Balaban J connectivity index is 2.15. The fourth-order valence-corrected chi connectivity index (χ4v) is 3.63. The number of aromatic nitrogens is 4. The Bertz CT molecular complexity index is 996. The van der Waals surface area contributed by atoms with Crippen LogP contribution in [0, 0.1) is 11.3 Å².